The summed E-state index contributed by atoms with van der Waals surface area (Å²) in [6.45, 7) is 2.88. The predicted octanol–water partition coefficient (Wildman–Crippen LogP) is 1.50. The molecule has 2 aromatic rings. The third-order valence-corrected chi connectivity index (χ3v) is 4.14. The maximum absolute atomic E-state index is 14.8. The zero-order valence-electron chi connectivity index (χ0n) is 13.1. The lowest BCUT2D eigenvalue weighted by Crippen LogP contribution is -2.37. The molecule has 0 N–H and O–H groups in total. The summed E-state index contributed by atoms with van der Waals surface area (Å²) in [6.07, 6.45) is 5.84. The Labute approximate surface area is 133 Å². The molecule has 23 heavy (non-hydrogen) atoms. The lowest BCUT2D eigenvalue weighted by molar-refractivity contribution is -0.146. The fourth-order valence-corrected chi connectivity index (χ4v) is 2.84. The number of carbonyl (C=O) groups is 1. The summed E-state index contributed by atoms with van der Waals surface area (Å²) < 4.78 is 21.2. The molecule has 0 bridgehead atoms. The Kier molecular flexibility index (Phi) is 4.22. The van der Waals surface area contributed by atoms with Gasteiger partial charge in [0.2, 0.25) is 5.82 Å². The highest BCUT2D eigenvalue weighted by Gasteiger charge is 2.28. The molecular formula is C15H18FN5O2. The second-order valence-electron chi connectivity index (χ2n) is 5.46. The third-order valence-electron chi connectivity index (χ3n) is 4.14. The maximum Gasteiger partial charge on any atom is 0.308 e. The van der Waals surface area contributed by atoms with Crippen LogP contribution in [0.25, 0.3) is 5.82 Å². The van der Waals surface area contributed by atoms with Gasteiger partial charge in [-0.1, -0.05) is 0 Å². The van der Waals surface area contributed by atoms with Crippen molar-refractivity contribution >= 4 is 11.8 Å². The number of rotatable bonds is 3. The zero-order chi connectivity index (χ0) is 16.4. The summed E-state index contributed by atoms with van der Waals surface area (Å²) in [5.41, 5.74) is 0. The molecule has 0 aliphatic carbocycles. The van der Waals surface area contributed by atoms with Crippen molar-refractivity contribution in [2.24, 2.45) is 5.92 Å². The van der Waals surface area contributed by atoms with Crippen LogP contribution in [0.4, 0.5) is 10.2 Å². The van der Waals surface area contributed by atoms with Gasteiger partial charge in [-0.15, -0.1) is 0 Å². The number of ether oxygens (including phenoxy) is 1. The minimum atomic E-state index is -0.481. The molecule has 3 rings (SSSR count). The third kappa shape index (κ3) is 2.88. The molecule has 7 nitrogen and oxygen atoms in total. The maximum atomic E-state index is 14.8. The van der Waals surface area contributed by atoms with Gasteiger partial charge in [0.15, 0.2) is 11.6 Å². The summed E-state index contributed by atoms with van der Waals surface area (Å²) in [4.78, 5) is 25.6. The van der Waals surface area contributed by atoms with Gasteiger partial charge in [-0.05, 0) is 19.8 Å². The number of esters is 1. The van der Waals surface area contributed by atoms with E-state index in [2.05, 4.69) is 15.0 Å². The number of aromatic nitrogens is 4. The Morgan fingerprint density at radius 2 is 1.96 bits per heavy atom. The normalized spacial score (nSPS) is 15.7. The molecule has 8 heteroatoms. The first kappa shape index (κ1) is 15.4. The van der Waals surface area contributed by atoms with Crippen molar-refractivity contribution in [3.63, 3.8) is 0 Å². The van der Waals surface area contributed by atoms with Crippen LogP contribution in [0.5, 0.6) is 0 Å². The molecule has 0 unspecified atom stereocenters. The van der Waals surface area contributed by atoms with E-state index in [1.807, 2.05) is 4.90 Å². The minimum Gasteiger partial charge on any atom is -0.469 e. The van der Waals surface area contributed by atoms with E-state index in [4.69, 9.17) is 4.74 Å². The zero-order valence-corrected chi connectivity index (χ0v) is 13.1. The molecule has 2 aromatic heterocycles. The topological polar surface area (TPSA) is 73.1 Å². The summed E-state index contributed by atoms with van der Waals surface area (Å²) in [5.74, 6) is 0.272. The number of methoxy groups -OCH3 is 1. The molecule has 0 saturated carbocycles. The van der Waals surface area contributed by atoms with Crippen molar-refractivity contribution in [1.82, 2.24) is 19.5 Å². The first-order chi connectivity index (χ1) is 11.1. The van der Waals surface area contributed by atoms with Crippen molar-refractivity contribution in [2.45, 2.75) is 19.8 Å². The molecule has 1 saturated heterocycles. The summed E-state index contributed by atoms with van der Waals surface area (Å²) >= 11 is 0. The fraction of sp³-hybridized carbons (Fsp3) is 0.467. The van der Waals surface area contributed by atoms with Crippen LogP contribution in [0.15, 0.2) is 18.7 Å². The van der Waals surface area contributed by atoms with E-state index < -0.39 is 5.82 Å². The molecule has 0 aromatic carbocycles. The number of hydrogen-bond acceptors (Lipinski definition) is 6. The van der Waals surface area contributed by atoms with Crippen LogP contribution in [0.1, 0.15) is 18.7 Å². The fourth-order valence-electron chi connectivity index (χ4n) is 2.84. The molecule has 0 radical (unpaired) electrons. The Balaban J connectivity index is 1.82. The van der Waals surface area contributed by atoms with Crippen LogP contribution >= 0.6 is 0 Å². The lowest BCUT2D eigenvalue weighted by Gasteiger charge is -2.31. The van der Waals surface area contributed by atoms with Gasteiger partial charge in [-0.3, -0.25) is 9.36 Å². The van der Waals surface area contributed by atoms with E-state index in [-0.39, 0.29) is 23.5 Å². The molecule has 0 spiro atoms. The Bertz CT molecular complexity index is 710. The molecule has 122 valence electrons. The smallest absolute Gasteiger partial charge is 0.308 e. The van der Waals surface area contributed by atoms with E-state index in [1.165, 1.54) is 13.4 Å². The van der Waals surface area contributed by atoms with Crippen LogP contribution in [0, 0.1) is 18.7 Å². The van der Waals surface area contributed by atoms with E-state index >= 15 is 0 Å². The van der Waals surface area contributed by atoms with Crippen molar-refractivity contribution in [3.05, 3.63) is 30.4 Å². The van der Waals surface area contributed by atoms with Gasteiger partial charge in [0.1, 0.15) is 12.2 Å². The van der Waals surface area contributed by atoms with Crippen molar-refractivity contribution in [2.75, 3.05) is 25.1 Å². The molecular weight excluding hydrogens is 301 g/mol. The first-order valence-corrected chi connectivity index (χ1v) is 7.45. The Hall–Kier alpha value is -2.51. The van der Waals surface area contributed by atoms with Crippen LogP contribution < -0.4 is 4.90 Å². The largest absolute Gasteiger partial charge is 0.469 e. The molecule has 1 aliphatic heterocycles. The highest BCUT2D eigenvalue weighted by molar-refractivity contribution is 5.72. The molecule has 0 atom stereocenters. The summed E-state index contributed by atoms with van der Waals surface area (Å²) in [5, 5.41) is 0. The van der Waals surface area contributed by atoms with Gasteiger partial charge in [0, 0.05) is 25.5 Å². The summed E-state index contributed by atoms with van der Waals surface area (Å²) in [6, 6.07) is 0. The lowest BCUT2D eigenvalue weighted by atomic mass is 9.97. The van der Waals surface area contributed by atoms with E-state index in [1.54, 1.807) is 23.9 Å². The van der Waals surface area contributed by atoms with Gasteiger partial charge in [0.05, 0.1) is 13.0 Å². The molecule has 3 heterocycles. The van der Waals surface area contributed by atoms with Gasteiger partial charge in [0.25, 0.3) is 0 Å². The molecule has 1 fully saturated rings. The summed E-state index contributed by atoms with van der Waals surface area (Å²) in [7, 11) is 1.39. The predicted molar refractivity (Wildman–Crippen MR) is 80.8 cm³/mol. The first-order valence-electron chi connectivity index (χ1n) is 7.45. The SMILES string of the molecule is COC(=O)C1CCN(c2ncnc(-n3ccnc3C)c2F)CC1. The van der Waals surface area contributed by atoms with Crippen molar-refractivity contribution in [3.8, 4) is 5.82 Å². The van der Waals surface area contributed by atoms with Crippen LogP contribution in [-0.2, 0) is 9.53 Å². The Morgan fingerprint density at radius 1 is 1.26 bits per heavy atom. The highest BCUT2D eigenvalue weighted by Crippen LogP contribution is 2.26. The second-order valence-corrected chi connectivity index (χ2v) is 5.46. The number of piperidine rings is 1. The van der Waals surface area contributed by atoms with E-state index in [9.17, 15) is 9.18 Å². The monoisotopic (exact) mass is 319 g/mol. The number of hydrogen-bond donors (Lipinski definition) is 0. The van der Waals surface area contributed by atoms with Crippen molar-refractivity contribution < 1.29 is 13.9 Å². The van der Waals surface area contributed by atoms with Crippen LogP contribution in [0.3, 0.4) is 0 Å². The van der Waals surface area contributed by atoms with Gasteiger partial charge in [-0.2, -0.15) is 4.39 Å². The quantitative estimate of drug-likeness (QED) is 0.798. The number of nitrogens with zero attached hydrogens (tertiary/aromatic N) is 5. The number of halogens is 1. The standard InChI is InChI=1S/C15H18FN5O2/c1-10-17-5-8-21(10)14-12(16)13(18-9-19-14)20-6-3-11(4-7-20)15(22)23-2/h5,8-9,11H,3-4,6-7H2,1-2H3. The van der Waals surface area contributed by atoms with E-state index in [0.29, 0.717) is 31.8 Å². The van der Waals surface area contributed by atoms with Gasteiger partial charge >= 0.3 is 5.97 Å². The van der Waals surface area contributed by atoms with E-state index in [0.717, 1.165) is 0 Å². The average molecular weight is 319 g/mol. The number of aryl methyl sites for hydroxylation is 1. The number of anilines is 1. The minimum absolute atomic E-state index is 0.128. The van der Waals surface area contributed by atoms with Gasteiger partial charge < -0.3 is 9.64 Å². The average Bonchev–Trinajstić information content (AvgIpc) is 3.00. The molecule has 0 amide bonds. The number of carbonyl (C=O) groups excluding carboxylic acids is 1. The number of imidazole rings is 1. The highest BCUT2D eigenvalue weighted by atomic mass is 19.1. The van der Waals surface area contributed by atoms with Gasteiger partial charge in [-0.25, -0.2) is 15.0 Å². The van der Waals surface area contributed by atoms with Crippen molar-refractivity contribution in [1.29, 1.82) is 0 Å². The van der Waals surface area contributed by atoms with Crippen LogP contribution in [-0.4, -0.2) is 45.7 Å². The second kappa shape index (κ2) is 6.31. The Morgan fingerprint density at radius 3 is 2.57 bits per heavy atom. The molecule has 1 aliphatic rings. The van der Waals surface area contributed by atoms with Crippen LogP contribution in [0.2, 0.25) is 0 Å².